The van der Waals surface area contributed by atoms with Gasteiger partial charge in [0.2, 0.25) is 5.91 Å². The van der Waals surface area contributed by atoms with Crippen LogP contribution in [-0.4, -0.2) is 60.2 Å². The predicted octanol–water partition coefficient (Wildman–Crippen LogP) is 3.27. The highest BCUT2D eigenvalue weighted by molar-refractivity contribution is 5.79. The summed E-state index contributed by atoms with van der Waals surface area (Å²) in [5.41, 5.74) is 1.19. The van der Waals surface area contributed by atoms with Crippen LogP contribution in [0.1, 0.15) is 44.1 Å². The van der Waals surface area contributed by atoms with Crippen molar-refractivity contribution in [2.75, 3.05) is 39.4 Å². The number of ether oxygens (including phenoxy) is 1. The molecule has 0 aliphatic carbocycles. The van der Waals surface area contributed by atoms with Crippen LogP contribution in [0.4, 0.5) is 0 Å². The summed E-state index contributed by atoms with van der Waals surface area (Å²) in [4.78, 5) is 17.4. The molecule has 0 unspecified atom stereocenters. The van der Waals surface area contributed by atoms with E-state index in [0.717, 1.165) is 70.6 Å². The Kier molecular flexibility index (Phi) is 6.53. The number of aromatic hydroxyl groups is 1. The molecule has 5 nitrogen and oxygen atoms in total. The van der Waals surface area contributed by atoms with Gasteiger partial charge in [0.15, 0.2) is 0 Å². The number of phenols is 1. The Morgan fingerprint density at radius 1 is 0.964 bits per heavy atom. The van der Waals surface area contributed by atoms with Crippen molar-refractivity contribution in [2.24, 2.45) is 17.8 Å². The van der Waals surface area contributed by atoms with E-state index in [-0.39, 0.29) is 5.92 Å². The summed E-state index contributed by atoms with van der Waals surface area (Å²) in [6.07, 6.45) is 6.67. The summed E-state index contributed by atoms with van der Waals surface area (Å²) >= 11 is 0. The molecular formula is C23H34N2O3. The minimum Gasteiger partial charge on any atom is -0.508 e. The Morgan fingerprint density at radius 2 is 1.61 bits per heavy atom. The first-order chi connectivity index (χ1) is 13.7. The Balaban J connectivity index is 1.20. The number of nitrogens with zero attached hydrogens (tertiary/aromatic N) is 2. The minimum absolute atomic E-state index is 0.200. The van der Waals surface area contributed by atoms with Crippen LogP contribution in [0.2, 0.25) is 0 Å². The second kappa shape index (κ2) is 9.27. The van der Waals surface area contributed by atoms with Crippen LogP contribution >= 0.6 is 0 Å². The molecule has 3 heterocycles. The highest BCUT2D eigenvalue weighted by Crippen LogP contribution is 2.33. The summed E-state index contributed by atoms with van der Waals surface area (Å²) in [5, 5.41) is 9.65. The summed E-state index contributed by atoms with van der Waals surface area (Å²) < 4.78 is 5.40. The van der Waals surface area contributed by atoms with E-state index in [1.54, 1.807) is 6.07 Å². The average molecular weight is 387 g/mol. The monoisotopic (exact) mass is 386 g/mol. The van der Waals surface area contributed by atoms with E-state index in [1.807, 2.05) is 12.1 Å². The molecule has 0 bridgehead atoms. The normalized spacial score (nSPS) is 23.8. The number of hydrogen-bond donors (Lipinski definition) is 1. The molecule has 3 aliphatic heterocycles. The molecule has 0 aromatic heterocycles. The van der Waals surface area contributed by atoms with Gasteiger partial charge in [-0.3, -0.25) is 9.69 Å². The molecule has 0 atom stereocenters. The molecule has 1 aromatic rings. The quantitative estimate of drug-likeness (QED) is 0.863. The summed E-state index contributed by atoms with van der Waals surface area (Å²) in [6, 6.07) is 7.62. The van der Waals surface area contributed by atoms with E-state index in [9.17, 15) is 9.90 Å². The van der Waals surface area contributed by atoms with Crippen LogP contribution in [0.25, 0.3) is 0 Å². The maximum absolute atomic E-state index is 12.7. The number of phenolic OH excluding ortho intramolecular Hbond substituents is 1. The van der Waals surface area contributed by atoms with Gasteiger partial charge in [0.25, 0.3) is 0 Å². The molecule has 4 rings (SSSR count). The van der Waals surface area contributed by atoms with E-state index >= 15 is 0 Å². The fraction of sp³-hybridized carbons (Fsp3) is 0.696. The molecule has 3 saturated heterocycles. The first-order valence-corrected chi connectivity index (χ1v) is 11.1. The first kappa shape index (κ1) is 19.7. The second-order valence-electron chi connectivity index (χ2n) is 8.83. The van der Waals surface area contributed by atoms with Crippen molar-refractivity contribution in [2.45, 2.75) is 45.1 Å². The number of piperidine rings is 2. The number of carbonyl (C=O) groups excluding carboxylic acids is 1. The van der Waals surface area contributed by atoms with Gasteiger partial charge < -0.3 is 14.7 Å². The zero-order valence-corrected chi connectivity index (χ0v) is 16.9. The topological polar surface area (TPSA) is 53.0 Å². The van der Waals surface area contributed by atoms with Gasteiger partial charge in [-0.05, 0) is 81.1 Å². The molecule has 5 heteroatoms. The lowest BCUT2D eigenvalue weighted by Gasteiger charge is -2.41. The standard InChI is InChI=1S/C23H34N2O3/c26-22-3-1-2-18(16-22)17-24-10-4-19(5-11-24)20-6-12-25(13-7-20)23(27)21-8-14-28-15-9-21/h1-3,16,19-21,26H,4-15,17H2. The number of rotatable bonds is 4. The lowest BCUT2D eigenvalue weighted by molar-refractivity contribution is -0.140. The third kappa shape index (κ3) is 4.87. The van der Waals surface area contributed by atoms with E-state index in [1.165, 1.54) is 31.2 Å². The molecule has 3 fully saturated rings. The highest BCUT2D eigenvalue weighted by Gasteiger charge is 2.33. The van der Waals surface area contributed by atoms with Crippen LogP contribution < -0.4 is 0 Å². The van der Waals surface area contributed by atoms with Crippen LogP contribution in [0.5, 0.6) is 5.75 Å². The van der Waals surface area contributed by atoms with Crippen molar-refractivity contribution in [1.29, 1.82) is 0 Å². The molecule has 3 aliphatic rings. The zero-order chi connectivity index (χ0) is 19.3. The van der Waals surface area contributed by atoms with Gasteiger partial charge in [0.05, 0.1) is 0 Å². The Morgan fingerprint density at radius 3 is 2.25 bits per heavy atom. The zero-order valence-electron chi connectivity index (χ0n) is 16.9. The average Bonchev–Trinajstić information content (AvgIpc) is 2.75. The van der Waals surface area contributed by atoms with Crippen molar-refractivity contribution in [1.82, 2.24) is 9.80 Å². The smallest absolute Gasteiger partial charge is 0.225 e. The van der Waals surface area contributed by atoms with Crippen molar-refractivity contribution in [3.05, 3.63) is 29.8 Å². The molecule has 0 spiro atoms. The van der Waals surface area contributed by atoms with Crippen LogP contribution in [0, 0.1) is 17.8 Å². The number of carbonyl (C=O) groups is 1. The van der Waals surface area contributed by atoms with Gasteiger partial charge in [-0.2, -0.15) is 0 Å². The maximum Gasteiger partial charge on any atom is 0.225 e. The minimum atomic E-state index is 0.200. The SMILES string of the molecule is O=C(C1CCOCC1)N1CCC(C2CCN(Cc3cccc(O)c3)CC2)CC1. The van der Waals surface area contributed by atoms with Gasteiger partial charge >= 0.3 is 0 Å². The molecule has 1 amide bonds. The molecule has 28 heavy (non-hydrogen) atoms. The number of benzene rings is 1. The van der Waals surface area contributed by atoms with Crippen molar-refractivity contribution >= 4 is 5.91 Å². The number of hydrogen-bond acceptors (Lipinski definition) is 4. The van der Waals surface area contributed by atoms with Gasteiger partial charge in [-0.25, -0.2) is 0 Å². The van der Waals surface area contributed by atoms with Gasteiger partial charge in [-0.1, -0.05) is 12.1 Å². The lowest BCUT2D eigenvalue weighted by atomic mass is 9.78. The molecule has 1 N–H and O–H groups in total. The van der Waals surface area contributed by atoms with Crippen molar-refractivity contribution in [3.63, 3.8) is 0 Å². The highest BCUT2D eigenvalue weighted by atomic mass is 16.5. The lowest BCUT2D eigenvalue weighted by Crippen LogP contribution is -2.45. The van der Waals surface area contributed by atoms with Gasteiger partial charge in [-0.15, -0.1) is 0 Å². The summed E-state index contributed by atoms with van der Waals surface area (Å²) in [7, 11) is 0. The van der Waals surface area contributed by atoms with Crippen LogP contribution in [0.15, 0.2) is 24.3 Å². The molecular weight excluding hydrogens is 352 g/mol. The third-order valence-corrected chi connectivity index (χ3v) is 7.04. The van der Waals surface area contributed by atoms with Crippen LogP contribution in [-0.2, 0) is 16.1 Å². The largest absolute Gasteiger partial charge is 0.508 e. The number of amides is 1. The van der Waals surface area contributed by atoms with Gasteiger partial charge in [0, 0.05) is 38.8 Å². The van der Waals surface area contributed by atoms with Crippen molar-refractivity contribution in [3.8, 4) is 5.75 Å². The molecule has 154 valence electrons. The van der Waals surface area contributed by atoms with Crippen LogP contribution in [0.3, 0.4) is 0 Å². The fourth-order valence-corrected chi connectivity index (χ4v) is 5.29. The maximum atomic E-state index is 12.7. The van der Waals surface area contributed by atoms with E-state index in [2.05, 4.69) is 15.9 Å². The second-order valence-corrected chi connectivity index (χ2v) is 8.83. The Hall–Kier alpha value is -1.59. The summed E-state index contributed by atoms with van der Waals surface area (Å²) in [6.45, 7) is 6.60. The predicted molar refractivity (Wildman–Crippen MR) is 109 cm³/mol. The Bertz CT molecular complexity index is 643. The number of likely N-dealkylation sites (tertiary alicyclic amines) is 2. The fourth-order valence-electron chi connectivity index (χ4n) is 5.29. The molecule has 0 saturated carbocycles. The van der Waals surface area contributed by atoms with E-state index < -0.39 is 0 Å². The molecule has 0 radical (unpaired) electrons. The molecule has 1 aromatic carbocycles. The van der Waals surface area contributed by atoms with Crippen molar-refractivity contribution < 1.29 is 14.6 Å². The first-order valence-electron chi connectivity index (χ1n) is 11.1. The van der Waals surface area contributed by atoms with E-state index in [4.69, 9.17) is 4.74 Å². The Labute approximate surface area is 168 Å². The van der Waals surface area contributed by atoms with E-state index in [0.29, 0.717) is 11.7 Å². The third-order valence-electron chi connectivity index (χ3n) is 7.04. The van der Waals surface area contributed by atoms with Gasteiger partial charge in [0.1, 0.15) is 5.75 Å². The summed E-state index contributed by atoms with van der Waals surface area (Å²) in [5.74, 6) is 2.52.